The maximum Gasteiger partial charge on any atom is 0.422 e. The van der Waals surface area contributed by atoms with Crippen molar-refractivity contribution >= 4 is 22.7 Å². The topological polar surface area (TPSA) is 77.2 Å². The number of aromatic nitrogens is 2. The Morgan fingerprint density at radius 2 is 2.00 bits per heavy atom. The standard InChI is InChI=1S/C19H18F3N3O3/c1-10(2)14-8-12(16-11(3)25-28-18(16)24-14)17(26)23-13-6-4-5-7-15(13)27-9-19(20,21)22/h4-8,10H,9H2,1-3H3,(H,23,26). The molecule has 0 aliphatic carbocycles. The van der Waals surface area contributed by atoms with Crippen molar-refractivity contribution in [1.82, 2.24) is 10.1 Å². The van der Waals surface area contributed by atoms with Crippen molar-refractivity contribution in [3.05, 3.63) is 47.3 Å². The van der Waals surface area contributed by atoms with Crippen LogP contribution in [0.5, 0.6) is 5.75 Å². The molecule has 0 saturated carbocycles. The van der Waals surface area contributed by atoms with Gasteiger partial charge in [-0.05, 0) is 31.0 Å². The van der Waals surface area contributed by atoms with Crippen LogP contribution in [0.15, 0.2) is 34.9 Å². The fourth-order valence-electron chi connectivity index (χ4n) is 2.63. The number of nitrogens with one attached hydrogen (secondary N) is 1. The van der Waals surface area contributed by atoms with Gasteiger partial charge in [0, 0.05) is 5.69 Å². The number of amides is 1. The van der Waals surface area contributed by atoms with Gasteiger partial charge in [-0.2, -0.15) is 13.2 Å². The van der Waals surface area contributed by atoms with Crippen LogP contribution in [-0.4, -0.2) is 28.8 Å². The number of hydrogen-bond acceptors (Lipinski definition) is 5. The first-order valence-corrected chi connectivity index (χ1v) is 8.52. The van der Waals surface area contributed by atoms with Crippen LogP contribution in [0.4, 0.5) is 18.9 Å². The Hall–Kier alpha value is -3.10. The Kier molecular flexibility index (Phi) is 5.26. The molecule has 148 valence electrons. The van der Waals surface area contributed by atoms with Crippen LogP contribution in [0.1, 0.15) is 41.5 Å². The summed E-state index contributed by atoms with van der Waals surface area (Å²) in [7, 11) is 0. The second-order valence-corrected chi connectivity index (χ2v) is 6.55. The highest BCUT2D eigenvalue weighted by atomic mass is 19.4. The molecule has 3 aromatic rings. The zero-order valence-electron chi connectivity index (χ0n) is 15.4. The Balaban J connectivity index is 1.95. The maximum absolute atomic E-state index is 12.9. The highest BCUT2D eigenvalue weighted by Gasteiger charge is 2.29. The first kappa shape index (κ1) is 19.7. The number of carbonyl (C=O) groups excluding carboxylic acids is 1. The molecule has 0 aliphatic rings. The molecule has 0 bridgehead atoms. The molecule has 0 unspecified atom stereocenters. The van der Waals surface area contributed by atoms with Crippen LogP contribution in [0.25, 0.3) is 11.1 Å². The number of hydrogen-bond donors (Lipinski definition) is 1. The molecule has 0 fully saturated rings. The van der Waals surface area contributed by atoms with Crippen LogP contribution in [0.3, 0.4) is 0 Å². The van der Waals surface area contributed by atoms with E-state index >= 15 is 0 Å². The molecule has 0 radical (unpaired) electrons. The fourth-order valence-corrected chi connectivity index (χ4v) is 2.63. The van der Waals surface area contributed by atoms with Crippen molar-refractivity contribution in [3.8, 4) is 5.75 Å². The first-order valence-electron chi connectivity index (χ1n) is 8.52. The Labute approximate surface area is 158 Å². The van der Waals surface area contributed by atoms with Crippen LogP contribution >= 0.6 is 0 Å². The third kappa shape index (κ3) is 4.24. The van der Waals surface area contributed by atoms with Gasteiger partial charge in [0.2, 0.25) is 0 Å². The summed E-state index contributed by atoms with van der Waals surface area (Å²) in [6.45, 7) is 4.06. The molecule has 1 amide bonds. The number of anilines is 1. The summed E-state index contributed by atoms with van der Waals surface area (Å²) in [5.74, 6) is -0.572. The zero-order chi connectivity index (χ0) is 20.5. The lowest BCUT2D eigenvalue weighted by Crippen LogP contribution is -2.20. The van der Waals surface area contributed by atoms with E-state index < -0.39 is 18.7 Å². The molecule has 6 nitrogen and oxygen atoms in total. The van der Waals surface area contributed by atoms with Crippen LogP contribution in [0.2, 0.25) is 0 Å². The van der Waals surface area contributed by atoms with Gasteiger partial charge < -0.3 is 14.6 Å². The van der Waals surface area contributed by atoms with Gasteiger partial charge in [0.1, 0.15) is 5.75 Å². The van der Waals surface area contributed by atoms with Gasteiger partial charge >= 0.3 is 6.18 Å². The average molecular weight is 393 g/mol. The molecule has 9 heteroatoms. The summed E-state index contributed by atoms with van der Waals surface area (Å²) in [6, 6.07) is 7.56. The largest absolute Gasteiger partial charge is 0.482 e. The lowest BCUT2D eigenvalue weighted by molar-refractivity contribution is -0.153. The number of benzene rings is 1. The van der Waals surface area contributed by atoms with Gasteiger partial charge in [0.05, 0.1) is 22.3 Å². The maximum atomic E-state index is 12.9. The van der Waals surface area contributed by atoms with E-state index in [0.717, 1.165) is 0 Å². The monoisotopic (exact) mass is 393 g/mol. The molecule has 28 heavy (non-hydrogen) atoms. The highest BCUT2D eigenvalue weighted by Crippen LogP contribution is 2.29. The number of rotatable bonds is 5. The normalized spacial score (nSPS) is 11.8. The second kappa shape index (κ2) is 7.49. The van der Waals surface area contributed by atoms with Crippen LogP contribution in [-0.2, 0) is 0 Å². The van der Waals surface area contributed by atoms with Crippen molar-refractivity contribution in [2.45, 2.75) is 32.9 Å². The number of halogens is 3. The molecule has 3 rings (SSSR count). The Morgan fingerprint density at radius 3 is 2.68 bits per heavy atom. The van der Waals surface area contributed by atoms with Crippen molar-refractivity contribution in [2.75, 3.05) is 11.9 Å². The molecular formula is C19H18F3N3O3. The average Bonchev–Trinajstić information content (AvgIpc) is 3.00. The van der Waals surface area contributed by atoms with E-state index in [0.29, 0.717) is 16.8 Å². The number of ether oxygens (including phenoxy) is 1. The van der Waals surface area contributed by atoms with E-state index in [1.54, 1.807) is 19.1 Å². The van der Waals surface area contributed by atoms with E-state index in [2.05, 4.69) is 15.5 Å². The summed E-state index contributed by atoms with van der Waals surface area (Å²) in [5, 5.41) is 6.92. The van der Waals surface area contributed by atoms with E-state index in [1.165, 1.54) is 18.2 Å². The molecule has 1 N–H and O–H groups in total. The molecule has 0 saturated heterocycles. The minimum Gasteiger partial charge on any atom is -0.482 e. The third-order valence-corrected chi connectivity index (χ3v) is 4.00. The van der Waals surface area contributed by atoms with E-state index in [-0.39, 0.29) is 28.6 Å². The van der Waals surface area contributed by atoms with Crippen molar-refractivity contribution < 1.29 is 27.2 Å². The smallest absolute Gasteiger partial charge is 0.422 e. The van der Waals surface area contributed by atoms with Crippen molar-refractivity contribution in [1.29, 1.82) is 0 Å². The SMILES string of the molecule is Cc1noc2nc(C(C)C)cc(C(=O)Nc3ccccc3OCC(F)(F)F)c12. The molecule has 0 spiro atoms. The van der Waals surface area contributed by atoms with E-state index in [1.807, 2.05) is 13.8 Å². The molecule has 0 aliphatic heterocycles. The predicted octanol–water partition coefficient (Wildman–Crippen LogP) is 4.85. The van der Waals surface area contributed by atoms with E-state index in [9.17, 15) is 18.0 Å². The van der Waals surface area contributed by atoms with Crippen LogP contribution < -0.4 is 10.1 Å². The number of carbonyl (C=O) groups is 1. The fraction of sp³-hybridized carbons (Fsp3) is 0.316. The summed E-state index contributed by atoms with van der Waals surface area (Å²) >= 11 is 0. The molecule has 2 aromatic heterocycles. The zero-order valence-corrected chi connectivity index (χ0v) is 15.4. The third-order valence-electron chi connectivity index (χ3n) is 4.00. The van der Waals surface area contributed by atoms with Crippen molar-refractivity contribution in [2.24, 2.45) is 0 Å². The second-order valence-electron chi connectivity index (χ2n) is 6.55. The van der Waals surface area contributed by atoms with Gasteiger partial charge in [0.15, 0.2) is 6.61 Å². The number of para-hydroxylation sites is 2. The Morgan fingerprint density at radius 1 is 1.29 bits per heavy atom. The van der Waals surface area contributed by atoms with Crippen LogP contribution in [0, 0.1) is 6.92 Å². The number of nitrogens with zero attached hydrogens (tertiary/aromatic N) is 2. The quantitative estimate of drug-likeness (QED) is 0.671. The van der Waals surface area contributed by atoms with Gasteiger partial charge in [0.25, 0.3) is 11.6 Å². The Bertz CT molecular complexity index is 1010. The van der Waals surface area contributed by atoms with Gasteiger partial charge in [-0.25, -0.2) is 4.98 Å². The molecular weight excluding hydrogens is 375 g/mol. The summed E-state index contributed by atoms with van der Waals surface area (Å²) < 4.78 is 47.4. The first-order chi connectivity index (χ1) is 13.2. The summed E-state index contributed by atoms with van der Waals surface area (Å²) in [6.07, 6.45) is -4.49. The minimum absolute atomic E-state index is 0.0313. The predicted molar refractivity (Wildman–Crippen MR) is 96.6 cm³/mol. The molecule has 2 heterocycles. The number of alkyl halides is 3. The lowest BCUT2D eigenvalue weighted by atomic mass is 10.0. The number of aryl methyl sites for hydroxylation is 1. The number of pyridine rings is 1. The minimum atomic E-state index is -4.49. The highest BCUT2D eigenvalue weighted by molar-refractivity contribution is 6.12. The molecule has 0 atom stereocenters. The van der Waals surface area contributed by atoms with Gasteiger partial charge in [-0.15, -0.1) is 0 Å². The van der Waals surface area contributed by atoms with Gasteiger partial charge in [-0.3, -0.25) is 4.79 Å². The molecule has 1 aromatic carbocycles. The number of fused-ring (bicyclic) bond motifs is 1. The van der Waals surface area contributed by atoms with Gasteiger partial charge in [-0.1, -0.05) is 31.1 Å². The van der Waals surface area contributed by atoms with Crippen molar-refractivity contribution in [3.63, 3.8) is 0 Å². The summed E-state index contributed by atoms with van der Waals surface area (Å²) in [5.41, 5.74) is 1.76. The lowest BCUT2D eigenvalue weighted by Gasteiger charge is -2.14. The van der Waals surface area contributed by atoms with E-state index in [4.69, 9.17) is 9.26 Å². The summed E-state index contributed by atoms with van der Waals surface area (Å²) in [4.78, 5) is 17.3.